The molecule has 2 atom stereocenters. The fourth-order valence-electron chi connectivity index (χ4n) is 3.76. The van der Waals surface area contributed by atoms with Crippen LogP contribution in [0, 0.1) is 11.8 Å². The Morgan fingerprint density at radius 3 is 2.12 bits per heavy atom. The molecule has 1 aliphatic rings. The highest BCUT2D eigenvalue weighted by Crippen LogP contribution is 2.47. The normalized spacial score (nSPS) is 25.5. The molecule has 0 aliphatic heterocycles. The van der Waals surface area contributed by atoms with E-state index in [1.54, 1.807) is 0 Å². The second-order valence-corrected chi connectivity index (χ2v) is 7.90. The highest BCUT2D eigenvalue weighted by Gasteiger charge is 2.47. The summed E-state index contributed by atoms with van der Waals surface area (Å²) in [5, 5.41) is 2.87. The van der Waals surface area contributed by atoms with Crippen molar-refractivity contribution in [1.29, 1.82) is 0 Å². The van der Waals surface area contributed by atoms with Gasteiger partial charge in [-0.15, -0.1) is 0 Å². The summed E-state index contributed by atoms with van der Waals surface area (Å²) in [5.41, 5.74) is 1.94. The van der Waals surface area contributed by atoms with Gasteiger partial charge >= 0.3 is 0 Å². The molecule has 0 aromatic heterocycles. The molecule has 0 N–H and O–H groups in total. The molecule has 0 bridgehead atoms. The zero-order valence-corrected chi connectivity index (χ0v) is 15.7. The summed E-state index contributed by atoms with van der Waals surface area (Å²) in [6.07, 6.45) is 2.07. The lowest BCUT2D eigenvalue weighted by Gasteiger charge is -2.32. The number of rotatable bonds is 1. The van der Waals surface area contributed by atoms with Crippen molar-refractivity contribution < 1.29 is 0 Å². The lowest BCUT2D eigenvalue weighted by Crippen LogP contribution is -2.37. The van der Waals surface area contributed by atoms with E-state index in [2.05, 4.69) is 66.4 Å². The van der Waals surface area contributed by atoms with Crippen LogP contribution in [0.15, 0.2) is 72.8 Å². The Hall–Kier alpha value is -1.82. The van der Waals surface area contributed by atoms with Crippen molar-refractivity contribution in [2.45, 2.75) is 28.8 Å². The summed E-state index contributed by atoms with van der Waals surface area (Å²) in [7, 11) is 0. The molecular formula is C23H20S2. The quantitative estimate of drug-likeness (QED) is 0.414. The van der Waals surface area contributed by atoms with Crippen molar-refractivity contribution in [2.75, 3.05) is 0 Å². The van der Waals surface area contributed by atoms with Crippen LogP contribution in [0.2, 0.25) is 0 Å². The summed E-state index contributed by atoms with van der Waals surface area (Å²) < 4.78 is 0. The van der Waals surface area contributed by atoms with Crippen molar-refractivity contribution in [2.24, 2.45) is 0 Å². The minimum Gasteiger partial charge on any atom is -0.174 e. The first-order chi connectivity index (χ1) is 12.2. The predicted octanol–water partition coefficient (Wildman–Crippen LogP) is 5.52. The third-order valence-corrected chi connectivity index (χ3v) is 6.51. The molecule has 3 aromatic carbocycles. The largest absolute Gasteiger partial charge is 0.174 e. The van der Waals surface area contributed by atoms with Crippen LogP contribution in [-0.4, -0.2) is 10.5 Å². The highest BCUT2D eigenvalue weighted by atomic mass is 32.1. The second-order valence-electron chi connectivity index (χ2n) is 6.66. The third kappa shape index (κ3) is 2.97. The molecule has 124 valence electrons. The maximum absolute atomic E-state index is 4.93. The van der Waals surface area contributed by atoms with E-state index < -0.39 is 0 Å². The molecule has 0 radical (unpaired) electrons. The Morgan fingerprint density at radius 1 is 0.760 bits per heavy atom. The van der Waals surface area contributed by atoms with Crippen molar-refractivity contribution in [3.63, 3.8) is 0 Å². The van der Waals surface area contributed by atoms with Gasteiger partial charge in [0, 0.05) is 16.1 Å². The topological polar surface area (TPSA) is 0 Å². The van der Waals surface area contributed by atoms with Gasteiger partial charge in [0.15, 0.2) is 0 Å². The lowest BCUT2D eigenvalue weighted by atomic mass is 9.78. The van der Waals surface area contributed by atoms with Crippen molar-refractivity contribution in [3.8, 4) is 11.8 Å². The fourth-order valence-corrected chi connectivity index (χ4v) is 4.96. The number of thiol groups is 2. The summed E-state index contributed by atoms with van der Waals surface area (Å²) in [6.45, 7) is 0. The summed E-state index contributed by atoms with van der Waals surface area (Å²) in [5.74, 6) is 6.98. The van der Waals surface area contributed by atoms with Gasteiger partial charge < -0.3 is 0 Å². The average Bonchev–Trinajstić information content (AvgIpc) is 2.95. The zero-order valence-electron chi connectivity index (χ0n) is 13.9. The van der Waals surface area contributed by atoms with E-state index in [1.807, 2.05) is 18.2 Å². The Morgan fingerprint density at radius 2 is 1.40 bits per heavy atom. The van der Waals surface area contributed by atoms with Gasteiger partial charge in [0.1, 0.15) is 0 Å². The van der Waals surface area contributed by atoms with E-state index in [1.165, 1.54) is 16.3 Å². The van der Waals surface area contributed by atoms with Gasteiger partial charge in [0.2, 0.25) is 0 Å². The van der Waals surface area contributed by atoms with Gasteiger partial charge in [0.25, 0.3) is 0 Å². The molecule has 1 saturated carbocycles. The average molecular weight is 361 g/mol. The van der Waals surface area contributed by atoms with E-state index in [0.29, 0.717) is 0 Å². The molecule has 0 heterocycles. The van der Waals surface area contributed by atoms with E-state index >= 15 is 0 Å². The second kappa shape index (κ2) is 6.83. The van der Waals surface area contributed by atoms with Crippen molar-refractivity contribution in [1.82, 2.24) is 0 Å². The first kappa shape index (κ1) is 16.6. The van der Waals surface area contributed by atoms with Gasteiger partial charge in [-0.2, -0.15) is 25.3 Å². The van der Waals surface area contributed by atoms with Crippen LogP contribution in [0.5, 0.6) is 0 Å². The van der Waals surface area contributed by atoms with Crippen molar-refractivity contribution in [3.05, 3.63) is 83.9 Å². The first-order valence-electron chi connectivity index (χ1n) is 8.64. The Labute approximate surface area is 160 Å². The van der Waals surface area contributed by atoms with Crippen LogP contribution in [0.4, 0.5) is 0 Å². The van der Waals surface area contributed by atoms with E-state index in [-0.39, 0.29) is 15.9 Å². The molecule has 2 unspecified atom stereocenters. The third-order valence-electron chi connectivity index (χ3n) is 5.18. The SMILES string of the molecule is SC1CCC(S)C1(C#Cc1ccccc1)c1ccc2ccccc2c1. The lowest BCUT2D eigenvalue weighted by molar-refractivity contribution is 0.612. The minimum atomic E-state index is -0.327. The molecule has 1 fully saturated rings. The number of benzene rings is 3. The van der Waals surface area contributed by atoms with Gasteiger partial charge in [0.05, 0.1) is 5.41 Å². The maximum Gasteiger partial charge on any atom is 0.0798 e. The molecule has 0 nitrogen and oxygen atoms in total. The monoisotopic (exact) mass is 360 g/mol. The molecule has 0 amide bonds. The standard InChI is InChI=1S/C23H20S2/c24-21-12-13-22(25)23(21,15-14-17-6-2-1-3-7-17)20-11-10-18-8-4-5-9-19(18)16-20/h1-11,16,21-22,24-25H,12-13H2. The molecule has 4 rings (SSSR count). The van der Waals surface area contributed by atoms with Crippen molar-refractivity contribution >= 4 is 36.0 Å². The predicted molar refractivity (Wildman–Crippen MR) is 114 cm³/mol. The van der Waals surface area contributed by atoms with Gasteiger partial charge in [-0.3, -0.25) is 0 Å². The summed E-state index contributed by atoms with van der Waals surface area (Å²) in [4.78, 5) is 0. The first-order valence-corrected chi connectivity index (χ1v) is 9.67. The molecule has 2 heteroatoms. The van der Waals surface area contributed by atoms with E-state index in [9.17, 15) is 0 Å². The number of fused-ring (bicyclic) bond motifs is 1. The van der Waals surface area contributed by atoms with Crippen LogP contribution in [0.1, 0.15) is 24.0 Å². The van der Waals surface area contributed by atoms with Crippen LogP contribution in [0.3, 0.4) is 0 Å². The molecule has 25 heavy (non-hydrogen) atoms. The fraction of sp³-hybridized carbons (Fsp3) is 0.217. The summed E-state index contributed by atoms with van der Waals surface area (Å²) in [6, 6.07) is 25.3. The highest BCUT2D eigenvalue weighted by molar-refractivity contribution is 7.82. The van der Waals surface area contributed by atoms with Gasteiger partial charge in [-0.1, -0.05) is 66.4 Å². The van der Waals surface area contributed by atoms with Gasteiger partial charge in [-0.25, -0.2) is 0 Å². The smallest absolute Gasteiger partial charge is 0.0798 e. The minimum absolute atomic E-state index is 0.187. The van der Waals surface area contributed by atoms with Crippen LogP contribution >= 0.6 is 25.3 Å². The maximum atomic E-state index is 4.93. The number of hydrogen-bond donors (Lipinski definition) is 2. The van der Waals surface area contributed by atoms with E-state index in [4.69, 9.17) is 25.3 Å². The van der Waals surface area contributed by atoms with Crippen LogP contribution < -0.4 is 0 Å². The van der Waals surface area contributed by atoms with Gasteiger partial charge in [-0.05, 0) is 47.4 Å². The Balaban J connectivity index is 1.87. The Kier molecular flexibility index (Phi) is 4.54. The van der Waals surface area contributed by atoms with Crippen LogP contribution in [0.25, 0.3) is 10.8 Å². The molecule has 3 aromatic rings. The molecule has 0 saturated heterocycles. The number of hydrogen-bond acceptors (Lipinski definition) is 2. The molecule has 0 spiro atoms. The van der Waals surface area contributed by atoms with Crippen LogP contribution in [-0.2, 0) is 5.41 Å². The zero-order chi connectivity index (χ0) is 17.3. The summed E-state index contributed by atoms with van der Waals surface area (Å²) >= 11 is 9.87. The van der Waals surface area contributed by atoms with E-state index in [0.717, 1.165) is 18.4 Å². The Bertz CT molecular complexity index is 940. The molecular weight excluding hydrogens is 340 g/mol. The molecule has 1 aliphatic carbocycles.